The molecule has 1 atom stereocenters. The molecule has 0 fully saturated rings. The highest BCUT2D eigenvalue weighted by molar-refractivity contribution is 4.78. The Morgan fingerprint density at radius 1 is 1.38 bits per heavy atom. The molecule has 96 valence electrons. The molecule has 0 aliphatic rings. The summed E-state index contributed by atoms with van der Waals surface area (Å²) in [5.74, 6) is 0.603. The molecule has 2 heteroatoms. The summed E-state index contributed by atoms with van der Waals surface area (Å²) in [6, 6.07) is 0. The molecule has 0 aliphatic heterocycles. The van der Waals surface area contributed by atoms with E-state index in [4.69, 9.17) is 5.73 Å². The van der Waals surface area contributed by atoms with Gasteiger partial charge in [-0.25, -0.2) is 0 Å². The van der Waals surface area contributed by atoms with Crippen LogP contribution in [0.4, 0.5) is 0 Å². The maximum atomic E-state index is 5.87. The summed E-state index contributed by atoms with van der Waals surface area (Å²) < 4.78 is 0. The van der Waals surface area contributed by atoms with Gasteiger partial charge >= 0.3 is 0 Å². The summed E-state index contributed by atoms with van der Waals surface area (Å²) >= 11 is 0. The maximum Gasteiger partial charge on any atom is 0.0160 e. The first kappa shape index (κ1) is 15.7. The quantitative estimate of drug-likeness (QED) is 0.645. The van der Waals surface area contributed by atoms with Crippen LogP contribution < -0.4 is 5.73 Å². The van der Waals surface area contributed by atoms with Gasteiger partial charge in [-0.3, -0.25) is 4.90 Å². The molecule has 0 saturated carbocycles. The second-order valence-corrected chi connectivity index (χ2v) is 5.91. The highest BCUT2D eigenvalue weighted by Crippen LogP contribution is 2.24. The van der Waals surface area contributed by atoms with E-state index >= 15 is 0 Å². The van der Waals surface area contributed by atoms with Crippen LogP contribution in [-0.2, 0) is 0 Å². The van der Waals surface area contributed by atoms with Crippen LogP contribution in [-0.4, -0.2) is 31.1 Å². The number of nitrogens with two attached hydrogens (primary N) is 1. The molecule has 16 heavy (non-hydrogen) atoms. The molecule has 0 radical (unpaired) electrons. The van der Waals surface area contributed by atoms with Crippen LogP contribution in [0.2, 0.25) is 0 Å². The Hall–Kier alpha value is -0.340. The lowest BCUT2D eigenvalue weighted by molar-refractivity contribution is 0.207. The molecule has 0 aromatic rings. The van der Waals surface area contributed by atoms with Gasteiger partial charge in [-0.1, -0.05) is 33.8 Å². The molecule has 0 aromatic heterocycles. The molecule has 0 amide bonds. The van der Waals surface area contributed by atoms with Crippen LogP contribution in [0.3, 0.4) is 0 Å². The second kappa shape index (κ2) is 7.86. The Balaban J connectivity index is 4.19. The zero-order valence-corrected chi connectivity index (χ0v) is 11.6. The molecule has 0 rings (SSSR count). The minimum Gasteiger partial charge on any atom is -0.330 e. The van der Waals surface area contributed by atoms with Crippen LogP contribution in [0.1, 0.15) is 40.5 Å². The average molecular weight is 226 g/mol. The molecule has 0 bridgehead atoms. The highest BCUT2D eigenvalue weighted by atomic mass is 15.1. The van der Waals surface area contributed by atoms with Gasteiger partial charge in [-0.2, -0.15) is 0 Å². The third kappa shape index (κ3) is 7.89. The van der Waals surface area contributed by atoms with Crippen LogP contribution >= 0.6 is 0 Å². The zero-order valence-electron chi connectivity index (χ0n) is 11.6. The summed E-state index contributed by atoms with van der Waals surface area (Å²) in [4.78, 5) is 2.45. The second-order valence-electron chi connectivity index (χ2n) is 5.91. The fraction of sp³-hybridized carbons (Fsp3) is 0.857. The summed E-state index contributed by atoms with van der Waals surface area (Å²) in [6.45, 7) is 16.9. The summed E-state index contributed by atoms with van der Waals surface area (Å²) in [5, 5.41) is 0. The Morgan fingerprint density at radius 2 is 2.00 bits per heavy atom. The SMILES string of the molecule is C=CCN(CCC)CC(CN)CC(C)(C)C. The topological polar surface area (TPSA) is 29.3 Å². The molecular weight excluding hydrogens is 196 g/mol. The van der Waals surface area contributed by atoms with Crippen molar-refractivity contribution in [2.45, 2.75) is 40.5 Å². The predicted molar refractivity (Wildman–Crippen MR) is 73.5 cm³/mol. The Morgan fingerprint density at radius 3 is 2.38 bits per heavy atom. The molecule has 0 spiro atoms. The van der Waals surface area contributed by atoms with Gasteiger partial charge in [-0.05, 0) is 37.3 Å². The van der Waals surface area contributed by atoms with E-state index in [0.717, 1.165) is 26.2 Å². The lowest BCUT2D eigenvalue weighted by Gasteiger charge is -2.30. The monoisotopic (exact) mass is 226 g/mol. The van der Waals surface area contributed by atoms with Crippen molar-refractivity contribution in [3.05, 3.63) is 12.7 Å². The summed E-state index contributed by atoms with van der Waals surface area (Å²) in [5.41, 5.74) is 6.24. The van der Waals surface area contributed by atoms with Crippen molar-refractivity contribution < 1.29 is 0 Å². The minimum atomic E-state index is 0.371. The van der Waals surface area contributed by atoms with E-state index in [-0.39, 0.29) is 0 Å². The predicted octanol–water partition coefficient (Wildman–Crippen LogP) is 2.90. The van der Waals surface area contributed by atoms with E-state index in [1.54, 1.807) is 0 Å². The third-order valence-corrected chi connectivity index (χ3v) is 2.68. The Bertz CT molecular complexity index is 182. The van der Waals surface area contributed by atoms with Crippen molar-refractivity contribution in [3.63, 3.8) is 0 Å². The smallest absolute Gasteiger partial charge is 0.0160 e. The molecule has 2 nitrogen and oxygen atoms in total. The maximum absolute atomic E-state index is 5.87. The van der Waals surface area contributed by atoms with Crippen molar-refractivity contribution in [1.29, 1.82) is 0 Å². The largest absolute Gasteiger partial charge is 0.330 e. The normalized spacial score (nSPS) is 14.1. The lowest BCUT2D eigenvalue weighted by atomic mass is 9.84. The fourth-order valence-electron chi connectivity index (χ4n) is 2.21. The van der Waals surface area contributed by atoms with Crippen molar-refractivity contribution in [2.24, 2.45) is 17.1 Å². The molecular formula is C14H30N2. The van der Waals surface area contributed by atoms with Crippen molar-refractivity contribution in [3.8, 4) is 0 Å². The molecule has 0 saturated heterocycles. The number of rotatable bonds is 8. The average Bonchev–Trinajstić information content (AvgIpc) is 2.15. The Kier molecular flexibility index (Phi) is 7.69. The molecule has 2 N–H and O–H groups in total. The van der Waals surface area contributed by atoms with Gasteiger partial charge in [0.1, 0.15) is 0 Å². The van der Waals surface area contributed by atoms with Crippen LogP contribution in [0, 0.1) is 11.3 Å². The zero-order chi connectivity index (χ0) is 12.6. The minimum absolute atomic E-state index is 0.371. The summed E-state index contributed by atoms with van der Waals surface area (Å²) in [6.07, 6.45) is 4.38. The van der Waals surface area contributed by atoms with Crippen molar-refractivity contribution in [1.82, 2.24) is 4.90 Å². The third-order valence-electron chi connectivity index (χ3n) is 2.68. The van der Waals surface area contributed by atoms with Gasteiger partial charge in [0.05, 0.1) is 0 Å². The lowest BCUT2D eigenvalue weighted by Crippen LogP contribution is -2.35. The van der Waals surface area contributed by atoms with Gasteiger partial charge in [0.15, 0.2) is 0 Å². The van der Waals surface area contributed by atoms with Crippen molar-refractivity contribution >= 4 is 0 Å². The van der Waals surface area contributed by atoms with E-state index in [1.165, 1.54) is 12.8 Å². The molecule has 0 aliphatic carbocycles. The van der Waals surface area contributed by atoms with Crippen molar-refractivity contribution in [2.75, 3.05) is 26.2 Å². The van der Waals surface area contributed by atoms with E-state index in [1.807, 2.05) is 6.08 Å². The van der Waals surface area contributed by atoms with Gasteiger partial charge in [0, 0.05) is 13.1 Å². The number of hydrogen-bond donors (Lipinski definition) is 1. The first-order chi connectivity index (χ1) is 7.42. The highest BCUT2D eigenvalue weighted by Gasteiger charge is 2.19. The van der Waals surface area contributed by atoms with E-state index in [0.29, 0.717) is 11.3 Å². The summed E-state index contributed by atoms with van der Waals surface area (Å²) in [7, 11) is 0. The van der Waals surface area contributed by atoms with Gasteiger partial charge in [0.2, 0.25) is 0 Å². The van der Waals surface area contributed by atoms with Crippen LogP contribution in [0.5, 0.6) is 0 Å². The molecule has 0 heterocycles. The standard InChI is InChI=1S/C14H30N2/c1-6-8-16(9-7-2)12-13(11-15)10-14(3,4)5/h6,13H,1,7-12,15H2,2-5H3. The van der Waals surface area contributed by atoms with E-state index in [2.05, 4.69) is 39.2 Å². The number of hydrogen-bond acceptors (Lipinski definition) is 2. The van der Waals surface area contributed by atoms with E-state index in [9.17, 15) is 0 Å². The van der Waals surface area contributed by atoms with Crippen LogP contribution in [0.15, 0.2) is 12.7 Å². The molecule has 1 unspecified atom stereocenters. The van der Waals surface area contributed by atoms with Crippen LogP contribution in [0.25, 0.3) is 0 Å². The van der Waals surface area contributed by atoms with Gasteiger partial charge < -0.3 is 5.73 Å². The van der Waals surface area contributed by atoms with Gasteiger partial charge in [-0.15, -0.1) is 6.58 Å². The Labute approximate surface area is 102 Å². The van der Waals surface area contributed by atoms with E-state index < -0.39 is 0 Å². The fourth-order valence-corrected chi connectivity index (χ4v) is 2.21. The first-order valence-corrected chi connectivity index (χ1v) is 6.46. The van der Waals surface area contributed by atoms with Gasteiger partial charge in [0.25, 0.3) is 0 Å². The molecule has 0 aromatic carbocycles. The number of nitrogens with zero attached hydrogens (tertiary/aromatic N) is 1. The first-order valence-electron chi connectivity index (χ1n) is 6.46.